The van der Waals surface area contributed by atoms with Crippen LogP contribution >= 0.6 is 22.9 Å². The Balaban J connectivity index is 2.25. The summed E-state index contributed by atoms with van der Waals surface area (Å²) in [6, 6.07) is 6.39. The molecule has 0 aliphatic heterocycles. The fourth-order valence-corrected chi connectivity index (χ4v) is 2.70. The molecule has 2 nitrogen and oxygen atoms in total. The second-order valence-electron chi connectivity index (χ2n) is 3.63. The van der Waals surface area contributed by atoms with E-state index in [0.29, 0.717) is 15.5 Å². The molecule has 2 rings (SSSR count). The van der Waals surface area contributed by atoms with Crippen LogP contribution in [0.2, 0.25) is 5.02 Å². The van der Waals surface area contributed by atoms with Crippen molar-refractivity contribution in [2.24, 2.45) is 0 Å². The lowest BCUT2D eigenvalue weighted by atomic mass is 10.1. The van der Waals surface area contributed by atoms with Gasteiger partial charge in [0.2, 0.25) is 0 Å². The molecule has 0 amide bonds. The van der Waals surface area contributed by atoms with E-state index in [9.17, 15) is 9.18 Å². The maximum Gasteiger partial charge on any atom is 0.178 e. The van der Waals surface area contributed by atoms with Crippen molar-refractivity contribution in [2.45, 2.75) is 6.42 Å². The largest absolute Gasteiger partial charge is 0.494 e. The summed E-state index contributed by atoms with van der Waals surface area (Å²) >= 11 is 7.13. The summed E-state index contributed by atoms with van der Waals surface area (Å²) in [6.07, 6.45) is -0.0245. The van der Waals surface area contributed by atoms with Gasteiger partial charge in [0.1, 0.15) is 0 Å². The van der Waals surface area contributed by atoms with Gasteiger partial charge < -0.3 is 4.74 Å². The molecule has 0 radical (unpaired) electrons. The van der Waals surface area contributed by atoms with Crippen LogP contribution in [-0.2, 0) is 6.42 Å². The predicted octanol–water partition coefficient (Wildman–Crippen LogP) is 3.97. The predicted molar refractivity (Wildman–Crippen MR) is 70.3 cm³/mol. The fourth-order valence-electron chi connectivity index (χ4n) is 1.60. The van der Waals surface area contributed by atoms with E-state index < -0.39 is 5.82 Å². The normalized spacial score (nSPS) is 10.4. The summed E-state index contributed by atoms with van der Waals surface area (Å²) in [6.45, 7) is 0. The van der Waals surface area contributed by atoms with Crippen LogP contribution in [0.1, 0.15) is 15.2 Å². The molecule has 0 aliphatic rings. The Hall–Kier alpha value is -1.39. The number of carbonyl (C=O) groups excluding carboxylic acids is 1. The summed E-state index contributed by atoms with van der Waals surface area (Å²) in [7, 11) is 1.39. The van der Waals surface area contributed by atoms with Gasteiger partial charge in [0, 0.05) is 6.42 Å². The highest BCUT2D eigenvalue weighted by atomic mass is 35.5. The summed E-state index contributed by atoms with van der Waals surface area (Å²) in [5.41, 5.74) is 0.309. The number of Topliss-reactive ketones (excluding diaryl/α,β-unsaturated/α-hetero) is 1. The van der Waals surface area contributed by atoms with E-state index >= 15 is 0 Å². The van der Waals surface area contributed by atoms with E-state index in [1.165, 1.54) is 24.5 Å². The monoisotopic (exact) mass is 284 g/mol. The zero-order chi connectivity index (χ0) is 13.1. The lowest BCUT2D eigenvalue weighted by Gasteiger charge is -2.06. The van der Waals surface area contributed by atoms with Crippen molar-refractivity contribution in [3.63, 3.8) is 0 Å². The Morgan fingerprint density at radius 1 is 1.44 bits per heavy atom. The van der Waals surface area contributed by atoms with Gasteiger partial charge in [-0.3, -0.25) is 4.79 Å². The minimum atomic E-state index is -0.499. The molecular weight excluding hydrogens is 275 g/mol. The number of hydrogen-bond acceptors (Lipinski definition) is 3. The third-order valence-corrected chi connectivity index (χ3v) is 3.87. The molecule has 0 bridgehead atoms. The molecule has 0 spiro atoms. The van der Waals surface area contributed by atoms with E-state index in [4.69, 9.17) is 16.3 Å². The van der Waals surface area contributed by atoms with Crippen LogP contribution < -0.4 is 4.74 Å². The molecule has 5 heteroatoms. The molecule has 18 heavy (non-hydrogen) atoms. The summed E-state index contributed by atoms with van der Waals surface area (Å²) in [4.78, 5) is 12.4. The summed E-state index contributed by atoms with van der Waals surface area (Å²) in [5.74, 6) is -0.555. The highest BCUT2D eigenvalue weighted by Crippen LogP contribution is 2.26. The number of rotatable bonds is 4. The van der Waals surface area contributed by atoms with Crippen LogP contribution in [-0.4, -0.2) is 12.9 Å². The first-order chi connectivity index (χ1) is 8.63. The highest BCUT2D eigenvalue weighted by Gasteiger charge is 2.16. The molecular formula is C13H10ClFO2S. The average molecular weight is 285 g/mol. The molecule has 2 aromatic rings. The number of thiophene rings is 1. The Labute approximate surface area is 113 Å². The van der Waals surface area contributed by atoms with Gasteiger partial charge in [-0.25, -0.2) is 4.39 Å². The first kappa shape index (κ1) is 13.1. The maximum absolute atomic E-state index is 13.9. The number of halogens is 2. The Bertz CT molecular complexity index is 580. The van der Waals surface area contributed by atoms with E-state index in [0.717, 1.165) is 0 Å². The number of ether oxygens (including phenoxy) is 1. The SMILES string of the molecule is COc1cccc(CC(=O)c2sccc2Cl)c1F. The van der Waals surface area contributed by atoms with E-state index in [-0.39, 0.29) is 18.0 Å². The number of hydrogen-bond donors (Lipinski definition) is 0. The number of methoxy groups -OCH3 is 1. The molecule has 0 atom stereocenters. The number of ketones is 1. The Kier molecular flexibility index (Phi) is 3.99. The molecule has 0 aliphatic carbocycles. The van der Waals surface area contributed by atoms with Crippen molar-refractivity contribution in [3.8, 4) is 5.75 Å². The van der Waals surface area contributed by atoms with Crippen LogP contribution in [0, 0.1) is 5.82 Å². The standard InChI is InChI=1S/C13H10ClFO2S/c1-17-11-4-2-3-8(12(11)15)7-10(16)13-9(14)5-6-18-13/h2-6H,7H2,1H3. The Morgan fingerprint density at radius 3 is 2.83 bits per heavy atom. The average Bonchev–Trinajstić information content (AvgIpc) is 2.78. The third-order valence-electron chi connectivity index (χ3n) is 2.48. The van der Waals surface area contributed by atoms with Crippen molar-refractivity contribution >= 4 is 28.7 Å². The molecule has 1 aromatic heterocycles. The minimum Gasteiger partial charge on any atom is -0.494 e. The second kappa shape index (κ2) is 5.50. The third kappa shape index (κ3) is 2.54. The molecule has 94 valence electrons. The van der Waals surface area contributed by atoms with Crippen molar-refractivity contribution in [1.29, 1.82) is 0 Å². The molecule has 1 aromatic carbocycles. The molecule has 1 heterocycles. The van der Waals surface area contributed by atoms with Crippen LogP contribution in [0.25, 0.3) is 0 Å². The number of carbonyl (C=O) groups is 1. The summed E-state index contributed by atoms with van der Waals surface area (Å²) < 4.78 is 18.7. The zero-order valence-electron chi connectivity index (χ0n) is 9.57. The second-order valence-corrected chi connectivity index (χ2v) is 4.95. The van der Waals surface area contributed by atoms with Gasteiger partial charge in [0.05, 0.1) is 17.0 Å². The number of benzene rings is 1. The van der Waals surface area contributed by atoms with Crippen LogP contribution in [0.5, 0.6) is 5.75 Å². The minimum absolute atomic E-state index is 0.0245. The van der Waals surface area contributed by atoms with Gasteiger partial charge in [0.15, 0.2) is 17.3 Å². The van der Waals surface area contributed by atoms with Crippen molar-refractivity contribution in [2.75, 3.05) is 7.11 Å². The van der Waals surface area contributed by atoms with Crippen LogP contribution in [0.3, 0.4) is 0 Å². The van der Waals surface area contributed by atoms with Crippen molar-refractivity contribution in [3.05, 3.63) is 50.9 Å². The molecule has 0 fully saturated rings. The Morgan fingerprint density at radius 2 is 2.22 bits per heavy atom. The van der Waals surface area contributed by atoms with Crippen LogP contribution in [0.4, 0.5) is 4.39 Å². The first-order valence-corrected chi connectivity index (χ1v) is 6.47. The fraction of sp³-hybridized carbons (Fsp3) is 0.154. The van der Waals surface area contributed by atoms with Gasteiger partial charge in [-0.1, -0.05) is 23.7 Å². The van der Waals surface area contributed by atoms with Gasteiger partial charge >= 0.3 is 0 Å². The van der Waals surface area contributed by atoms with E-state index in [1.807, 2.05) is 0 Å². The topological polar surface area (TPSA) is 26.3 Å². The van der Waals surface area contributed by atoms with Crippen molar-refractivity contribution in [1.82, 2.24) is 0 Å². The lowest BCUT2D eigenvalue weighted by Crippen LogP contribution is -2.04. The van der Waals surface area contributed by atoms with E-state index in [1.54, 1.807) is 23.6 Å². The van der Waals surface area contributed by atoms with Crippen molar-refractivity contribution < 1.29 is 13.9 Å². The molecule has 0 unspecified atom stereocenters. The van der Waals surface area contributed by atoms with E-state index in [2.05, 4.69) is 0 Å². The first-order valence-electron chi connectivity index (χ1n) is 5.21. The molecule has 0 saturated carbocycles. The zero-order valence-corrected chi connectivity index (χ0v) is 11.1. The maximum atomic E-state index is 13.9. The lowest BCUT2D eigenvalue weighted by molar-refractivity contribution is 0.0995. The summed E-state index contributed by atoms with van der Waals surface area (Å²) in [5, 5.41) is 2.14. The van der Waals surface area contributed by atoms with Crippen LogP contribution in [0.15, 0.2) is 29.6 Å². The van der Waals surface area contributed by atoms with Gasteiger partial charge in [-0.2, -0.15) is 0 Å². The highest BCUT2D eigenvalue weighted by molar-refractivity contribution is 7.12. The van der Waals surface area contributed by atoms with Gasteiger partial charge in [-0.05, 0) is 23.1 Å². The van der Waals surface area contributed by atoms with Gasteiger partial charge in [0.25, 0.3) is 0 Å². The smallest absolute Gasteiger partial charge is 0.178 e. The molecule has 0 saturated heterocycles. The molecule has 0 N–H and O–H groups in total. The quantitative estimate of drug-likeness (QED) is 0.794. The van der Waals surface area contributed by atoms with Gasteiger partial charge in [-0.15, -0.1) is 11.3 Å².